The maximum absolute atomic E-state index is 12.3. The highest BCUT2D eigenvalue weighted by molar-refractivity contribution is 6.31. The van der Waals surface area contributed by atoms with E-state index in [2.05, 4.69) is 6.92 Å². The SMILES string of the molecule is CCC1(CCc2cc(Cl)c(CC3OCC(C)(C)C3=O)cc2O)COC1. The number of ketones is 1. The number of carbonyl (C=O) groups excluding carboxylic acids is 1. The molecule has 0 saturated carbocycles. The van der Waals surface area contributed by atoms with E-state index in [0.29, 0.717) is 18.1 Å². The fourth-order valence-electron chi connectivity index (χ4n) is 3.56. The van der Waals surface area contributed by atoms with Gasteiger partial charge in [0.15, 0.2) is 5.78 Å². The number of ether oxygens (including phenoxy) is 2. The van der Waals surface area contributed by atoms with Crippen LogP contribution in [0.4, 0.5) is 0 Å². The average Bonchev–Trinajstić information content (AvgIpc) is 2.78. The molecule has 1 aromatic carbocycles. The Labute approximate surface area is 154 Å². The lowest BCUT2D eigenvalue weighted by molar-refractivity contribution is -0.126. The molecule has 2 saturated heterocycles. The summed E-state index contributed by atoms with van der Waals surface area (Å²) >= 11 is 6.43. The number of hydrogen-bond donors (Lipinski definition) is 1. The third-order valence-corrected chi connectivity index (χ3v) is 6.10. The van der Waals surface area contributed by atoms with Crippen molar-refractivity contribution in [2.24, 2.45) is 10.8 Å². The Bertz CT molecular complexity index is 658. The number of halogens is 1. The number of carbonyl (C=O) groups is 1. The second kappa shape index (κ2) is 6.90. The zero-order valence-corrected chi connectivity index (χ0v) is 16.0. The standard InChI is InChI=1S/C20H27ClO4/c1-4-20(11-24-12-20)6-5-13-7-15(21)14(8-16(13)22)9-17-18(23)19(2,3)10-25-17/h7-8,17,22H,4-6,9-12H2,1-3H3. The van der Waals surface area contributed by atoms with Gasteiger partial charge >= 0.3 is 0 Å². The van der Waals surface area contributed by atoms with Crippen LogP contribution in [0.5, 0.6) is 5.75 Å². The van der Waals surface area contributed by atoms with Crippen molar-refractivity contribution in [2.45, 2.75) is 52.6 Å². The predicted molar refractivity (Wildman–Crippen MR) is 97.2 cm³/mol. The molecule has 0 amide bonds. The molecular weight excluding hydrogens is 340 g/mol. The molecule has 0 aliphatic carbocycles. The van der Waals surface area contributed by atoms with Crippen molar-refractivity contribution in [3.63, 3.8) is 0 Å². The predicted octanol–water partition coefficient (Wildman–Crippen LogP) is 3.94. The van der Waals surface area contributed by atoms with E-state index in [9.17, 15) is 9.90 Å². The third-order valence-electron chi connectivity index (χ3n) is 5.75. The summed E-state index contributed by atoms with van der Waals surface area (Å²) < 4.78 is 11.0. The quantitative estimate of drug-likeness (QED) is 0.828. The molecule has 2 fully saturated rings. The van der Waals surface area contributed by atoms with Gasteiger partial charge in [0.2, 0.25) is 0 Å². The van der Waals surface area contributed by atoms with Crippen molar-refractivity contribution >= 4 is 17.4 Å². The fraction of sp³-hybridized carbons (Fsp3) is 0.650. The van der Waals surface area contributed by atoms with Gasteiger partial charge in [-0.05, 0) is 42.5 Å². The Morgan fingerprint density at radius 1 is 1.24 bits per heavy atom. The third kappa shape index (κ3) is 3.71. The maximum Gasteiger partial charge on any atom is 0.169 e. The van der Waals surface area contributed by atoms with E-state index in [1.165, 1.54) is 0 Å². The Morgan fingerprint density at radius 3 is 2.48 bits per heavy atom. The summed E-state index contributed by atoms with van der Waals surface area (Å²) in [6.45, 7) is 7.99. The van der Waals surface area contributed by atoms with Crippen molar-refractivity contribution in [1.82, 2.24) is 0 Å². The minimum absolute atomic E-state index is 0.0991. The van der Waals surface area contributed by atoms with Crippen molar-refractivity contribution in [3.8, 4) is 5.75 Å². The number of phenols is 1. The molecule has 0 spiro atoms. The molecule has 1 unspecified atom stereocenters. The lowest BCUT2D eigenvalue weighted by Gasteiger charge is -2.41. The van der Waals surface area contributed by atoms with E-state index in [-0.39, 0.29) is 16.9 Å². The number of aromatic hydroxyl groups is 1. The first kappa shape index (κ1) is 18.7. The first-order chi connectivity index (χ1) is 11.8. The summed E-state index contributed by atoms with van der Waals surface area (Å²) in [5, 5.41) is 11.0. The first-order valence-electron chi connectivity index (χ1n) is 9.00. The van der Waals surface area contributed by atoms with E-state index in [1.54, 1.807) is 6.07 Å². The molecule has 0 bridgehead atoms. The summed E-state index contributed by atoms with van der Waals surface area (Å²) in [5.41, 5.74) is 1.41. The van der Waals surface area contributed by atoms with Crippen molar-refractivity contribution < 1.29 is 19.4 Å². The normalized spacial score (nSPS) is 24.3. The van der Waals surface area contributed by atoms with Gasteiger partial charge in [0, 0.05) is 22.3 Å². The molecule has 5 heteroatoms. The molecular formula is C20H27ClO4. The topological polar surface area (TPSA) is 55.8 Å². The number of aryl methyl sites for hydroxylation is 1. The summed E-state index contributed by atoms with van der Waals surface area (Å²) in [6, 6.07) is 3.52. The van der Waals surface area contributed by atoms with Crippen molar-refractivity contribution in [2.75, 3.05) is 19.8 Å². The number of phenolic OH excluding ortho intramolecular Hbond substituents is 1. The molecule has 2 aliphatic rings. The minimum Gasteiger partial charge on any atom is -0.508 e. The van der Waals surface area contributed by atoms with E-state index in [0.717, 1.165) is 43.6 Å². The molecule has 4 nitrogen and oxygen atoms in total. The molecule has 0 radical (unpaired) electrons. The number of benzene rings is 1. The largest absolute Gasteiger partial charge is 0.508 e. The van der Waals surface area contributed by atoms with Crippen LogP contribution in [0.1, 0.15) is 44.7 Å². The van der Waals surface area contributed by atoms with Crippen LogP contribution in [0.2, 0.25) is 5.02 Å². The van der Waals surface area contributed by atoms with Crippen LogP contribution in [-0.2, 0) is 27.1 Å². The van der Waals surface area contributed by atoms with Gasteiger partial charge in [0.05, 0.1) is 19.8 Å². The molecule has 1 aromatic rings. The highest BCUT2D eigenvalue weighted by atomic mass is 35.5. The van der Waals surface area contributed by atoms with Gasteiger partial charge in [-0.2, -0.15) is 0 Å². The molecule has 2 heterocycles. The zero-order chi connectivity index (χ0) is 18.2. The van der Waals surface area contributed by atoms with Gasteiger partial charge in [0.1, 0.15) is 11.9 Å². The summed E-state index contributed by atoms with van der Waals surface area (Å²) in [7, 11) is 0. The molecule has 3 rings (SSSR count). The van der Waals surface area contributed by atoms with Crippen LogP contribution in [0, 0.1) is 10.8 Å². The minimum atomic E-state index is -0.478. The highest BCUT2D eigenvalue weighted by Crippen LogP contribution is 2.38. The number of hydrogen-bond acceptors (Lipinski definition) is 4. The van der Waals surface area contributed by atoms with Crippen LogP contribution in [0.3, 0.4) is 0 Å². The Morgan fingerprint density at radius 2 is 1.96 bits per heavy atom. The van der Waals surface area contributed by atoms with Gasteiger partial charge in [-0.3, -0.25) is 4.79 Å². The van der Waals surface area contributed by atoms with Crippen LogP contribution < -0.4 is 0 Å². The van der Waals surface area contributed by atoms with Crippen LogP contribution in [0.15, 0.2) is 12.1 Å². The first-order valence-corrected chi connectivity index (χ1v) is 9.38. The van der Waals surface area contributed by atoms with Gasteiger partial charge in [-0.25, -0.2) is 0 Å². The summed E-state index contributed by atoms with van der Waals surface area (Å²) in [6.07, 6.45) is 2.76. The fourth-order valence-corrected chi connectivity index (χ4v) is 3.83. The molecule has 138 valence electrons. The Kier molecular flexibility index (Phi) is 5.16. The van der Waals surface area contributed by atoms with Crippen molar-refractivity contribution in [3.05, 3.63) is 28.3 Å². The monoisotopic (exact) mass is 366 g/mol. The van der Waals surface area contributed by atoms with Gasteiger partial charge < -0.3 is 14.6 Å². The second-order valence-electron chi connectivity index (χ2n) is 8.17. The molecule has 2 aliphatic heterocycles. The number of Topliss-reactive ketones (excluding diaryl/α,β-unsaturated/α-hetero) is 1. The highest BCUT2D eigenvalue weighted by Gasteiger charge is 2.42. The maximum atomic E-state index is 12.3. The molecule has 0 aromatic heterocycles. The van der Waals surface area contributed by atoms with E-state index in [4.69, 9.17) is 21.1 Å². The zero-order valence-electron chi connectivity index (χ0n) is 15.2. The van der Waals surface area contributed by atoms with Crippen LogP contribution in [0.25, 0.3) is 0 Å². The average molecular weight is 367 g/mol. The second-order valence-corrected chi connectivity index (χ2v) is 8.58. The summed E-state index contributed by atoms with van der Waals surface area (Å²) in [4.78, 5) is 12.3. The van der Waals surface area contributed by atoms with E-state index < -0.39 is 11.5 Å². The van der Waals surface area contributed by atoms with Crippen LogP contribution in [-0.4, -0.2) is 36.8 Å². The number of rotatable bonds is 6. The molecule has 1 atom stereocenters. The lowest BCUT2D eigenvalue weighted by atomic mass is 9.78. The Balaban J connectivity index is 1.69. The summed E-state index contributed by atoms with van der Waals surface area (Å²) in [5.74, 6) is 0.345. The molecule has 25 heavy (non-hydrogen) atoms. The van der Waals surface area contributed by atoms with Crippen LogP contribution >= 0.6 is 11.6 Å². The van der Waals surface area contributed by atoms with Gasteiger partial charge in [-0.15, -0.1) is 0 Å². The molecule has 1 N–H and O–H groups in total. The van der Waals surface area contributed by atoms with E-state index >= 15 is 0 Å². The smallest absolute Gasteiger partial charge is 0.169 e. The lowest BCUT2D eigenvalue weighted by Crippen LogP contribution is -2.42. The van der Waals surface area contributed by atoms with Crippen molar-refractivity contribution in [1.29, 1.82) is 0 Å². The van der Waals surface area contributed by atoms with E-state index in [1.807, 2.05) is 19.9 Å². The Hall–Kier alpha value is -1.10. The van der Waals surface area contributed by atoms with Gasteiger partial charge in [-0.1, -0.05) is 32.4 Å². The van der Waals surface area contributed by atoms with Gasteiger partial charge in [0.25, 0.3) is 0 Å².